The first-order valence-corrected chi connectivity index (χ1v) is 11.6. The van der Waals surface area contributed by atoms with Crippen molar-refractivity contribution < 1.29 is 9.53 Å². The van der Waals surface area contributed by atoms with Crippen molar-refractivity contribution >= 4 is 17.7 Å². The van der Waals surface area contributed by atoms with Crippen LogP contribution in [0.15, 0.2) is 53.4 Å². The SMILES string of the molecule is CCN(CC)Cc1cccc(CNC(=O)c2ccccc2SCC2CCCO2)c1. The van der Waals surface area contributed by atoms with Gasteiger partial charge in [-0.05, 0) is 49.2 Å². The minimum absolute atomic E-state index is 0.0189. The quantitative estimate of drug-likeness (QED) is 0.573. The van der Waals surface area contributed by atoms with Crippen molar-refractivity contribution in [2.75, 3.05) is 25.4 Å². The molecule has 2 aromatic rings. The van der Waals surface area contributed by atoms with Crippen LogP contribution in [-0.2, 0) is 17.8 Å². The molecule has 0 bridgehead atoms. The van der Waals surface area contributed by atoms with Crippen LogP contribution in [0.25, 0.3) is 0 Å². The van der Waals surface area contributed by atoms with Gasteiger partial charge in [-0.3, -0.25) is 9.69 Å². The highest BCUT2D eigenvalue weighted by Crippen LogP contribution is 2.26. The van der Waals surface area contributed by atoms with E-state index in [2.05, 4.69) is 48.3 Å². The summed E-state index contributed by atoms with van der Waals surface area (Å²) in [5, 5.41) is 3.09. The van der Waals surface area contributed by atoms with Gasteiger partial charge in [0, 0.05) is 30.3 Å². The van der Waals surface area contributed by atoms with Crippen molar-refractivity contribution in [2.24, 2.45) is 0 Å². The van der Waals surface area contributed by atoms with Crippen molar-refractivity contribution in [3.63, 3.8) is 0 Å². The second-order valence-electron chi connectivity index (χ2n) is 7.41. The van der Waals surface area contributed by atoms with Gasteiger partial charge in [-0.1, -0.05) is 50.2 Å². The molecule has 29 heavy (non-hydrogen) atoms. The summed E-state index contributed by atoms with van der Waals surface area (Å²) in [5.41, 5.74) is 3.16. The number of nitrogens with zero attached hydrogens (tertiary/aromatic N) is 1. The second-order valence-corrected chi connectivity index (χ2v) is 8.47. The van der Waals surface area contributed by atoms with Crippen LogP contribution in [0.3, 0.4) is 0 Å². The third-order valence-electron chi connectivity index (χ3n) is 5.33. The van der Waals surface area contributed by atoms with Crippen molar-refractivity contribution in [1.82, 2.24) is 10.2 Å². The van der Waals surface area contributed by atoms with E-state index in [1.807, 2.05) is 24.3 Å². The number of rotatable bonds is 10. The number of hydrogen-bond donors (Lipinski definition) is 1. The van der Waals surface area contributed by atoms with Gasteiger partial charge in [-0.2, -0.15) is 0 Å². The molecule has 0 aliphatic carbocycles. The van der Waals surface area contributed by atoms with E-state index in [-0.39, 0.29) is 5.91 Å². The Hall–Kier alpha value is -1.82. The summed E-state index contributed by atoms with van der Waals surface area (Å²) in [6.07, 6.45) is 2.57. The fraction of sp³-hybridized carbons (Fsp3) is 0.458. The average molecular weight is 413 g/mol. The Morgan fingerprint density at radius 2 is 1.93 bits per heavy atom. The van der Waals surface area contributed by atoms with E-state index in [0.29, 0.717) is 12.6 Å². The van der Waals surface area contributed by atoms with Gasteiger partial charge in [0.2, 0.25) is 0 Å². The summed E-state index contributed by atoms with van der Waals surface area (Å²) in [6, 6.07) is 16.3. The average Bonchev–Trinajstić information content (AvgIpc) is 3.28. The van der Waals surface area contributed by atoms with Gasteiger partial charge in [0.1, 0.15) is 0 Å². The Morgan fingerprint density at radius 3 is 2.69 bits per heavy atom. The predicted octanol–water partition coefficient (Wildman–Crippen LogP) is 4.73. The van der Waals surface area contributed by atoms with E-state index in [1.165, 1.54) is 5.56 Å². The second kappa shape index (κ2) is 11.4. The van der Waals surface area contributed by atoms with Gasteiger partial charge in [0.25, 0.3) is 5.91 Å². The molecule has 0 spiro atoms. The zero-order chi connectivity index (χ0) is 20.5. The molecule has 0 saturated carbocycles. The van der Waals surface area contributed by atoms with Crippen LogP contribution in [0.1, 0.15) is 48.2 Å². The lowest BCUT2D eigenvalue weighted by molar-refractivity contribution is 0.0947. The molecule has 1 saturated heterocycles. The van der Waals surface area contributed by atoms with Gasteiger partial charge in [-0.15, -0.1) is 11.8 Å². The molecule has 1 unspecified atom stereocenters. The number of benzene rings is 2. The van der Waals surface area contributed by atoms with Gasteiger partial charge in [0.15, 0.2) is 0 Å². The molecule has 1 aliphatic rings. The Bertz CT molecular complexity index is 786. The first-order valence-electron chi connectivity index (χ1n) is 10.6. The summed E-state index contributed by atoms with van der Waals surface area (Å²) in [5.74, 6) is 0.882. The molecule has 5 heteroatoms. The molecule has 1 N–H and O–H groups in total. The predicted molar refractivity (Wildman–Crippen MR) is 120 cm³/mol. The molecular weight excluding hydrogens is 380 g/mol. The molecule has 1 aliphatic heterocycles. The Labute approximate surface area is 179 Å². The van der Waals surface area contributed by atoms with Crippen molar-refractivity contribution in [1.29, 1.82) is 0 Å². The molecular formula is C24H32N2O2S. The largest absolute Gasteiger partial charge is 0.377 e. The molecule has 1 fully saturated rings. The number of carbonyl (C=O) groups excluding carboxylic acids is 1. The number of carbonyl (C=O) groups is 1. The topological polar surface area (TPSA) is 41.6 Å². The maximum absolute atomic E-state index is 12.8. The number of ether oxygens (including phenoxy) is 1. The van der Waals surface area contributed by atoms with Crippen LogP contribution in [0.2, 0.25) is 0 Å². The van der Waals surface area contributed by atoms with Gasteiger partial charge < -0.3 is 10.1 Å². The molecule has 1 amide bonds. The zero-order valence-corrected chi connectivity index (χ0v) is 18.3. The van der Waals surface area contributed by atoms with E-state index in [4.69, 9.17) is 4.74 Å². The third kappa shape index (κ3) is 6.59. The molecule has 156 valence electrons. The highest BCUT2D eigenvalue weighted by Gasteiger charge is 2.18. The number of thioether (sulfide) groups is 1. The molecule has 2 aromatic carbocycles. The van der Waals surface area contributed by atoms with E-state index in [9.17, 15) is 4.79 Å². The van der Waals surface area contributed by atoms with Crippen molar-refractivity contribution in [3.8, 4) is 0 Å². The van der Waals surface area contributed by atoms with E-state index in [0.717, 1.165) is 60.9 Å². The minimum Gasteiger partial charge on any atom is -0.377 e. The van der Waals surface area contributed by atoms with Crippen LogP contribution >= 0.6 is 11.8 Å². The van der Waals surface area contributed by atoms with Crippen LogP contribution in [0.4, 0.5) is 0 Å². The van der Waals surface area contributed by atoms with Gasteiger partial charge in [0.05, 0.1) is 11.7 Å². The maximum atomic E-state index is 12.8. The van der Waals surface area contributed by atoms with E-state index in [1.54, 1.807) is 11.8 Å². The van der Waals surface area contributed by atoms with Crippen LogP contribution in [0, 0.1) is 0 Å². The molecule has 4 nitrogen and oxygen atoms in total. The first kappa shape index (κ1) is 21.9. The molecule has 0 radical (unpaired) electrons. The molecule has 1 heterocycles. The Morgan fingerprint density at radius 1 is 1.14 bits per heavy atom. The smallest absolute Gasteiger partial charge is 0.252 e. The minimum atomic E-state index is -0.0189. The number of amides is 1. The lowest BCUT2D eigenvalue weighted by Gasteiger charge is -2.18. The fourth-order valence-electron chi connectivity index (χ4n) is 3.56. The van der Waals surface area contributed by atoms with Gasteiger partial charge in [-0.25, -0.2) is 0 Å². The summed E-state index contributed by atoms with van der Waals surface area (Å²) in [6.45, 7) is 8.78. The standard InChI is InChI=1S/C24H32N2O2S/c1-3-26(4-2)17-20-10-7-9-19(15-20)16-25-24(27)22-12-5-6-13-23(22)29-18-21-11-8-14-28-21/h5-7,9-10,12-13,15,21H,3-4,8,11,14,16-18H2,1-2H3,(H,25,27). The molecule has 0 aromatic heterocycles. The third-order valence-corrected chi connectivity index (χ3v) is 6.53. The molecule has 1 atom stereocenters. The summed E-state index contributed by atoms with van der Waals surface area (Å²) in [4.78, 5) is 16.2. The van der Waals surface area contributed by atoms with Crippen LogP contribution in [-0.4, -0.2) is 42.4 Å². The fourth-order valence-corrected chi connectivity index (χ4v) is 4.68. The van der Waals surface area contributed by atoms with Gasteiger partial charge >= 0.3 is 0 Å². The van der Waals surface area contributed by atoms with Crippen molar-refractivity contribution in [3.05, 3.63) is 65.2 Å². The number of nitrogens with one attached hydrogen (secondary N) is 1. The molecule has 3 rings (SSSR count). The zero-order valence-electron chi connectivity index (χ0n) is 17.5. The Balaban J connectivity index is 1.58. The van der Waals surface area contributed by atoms with Crippen LogP contribution < -0.4 is 5.32 Å². The van der Waals surface area contributed by atoms with E-state index < -0.39 is 0 Å². The monoisotopic (exact) mass is 412 g/mol. The summed E-state index contributed by atoms with van der Waals surface area (Å²) < 4.78 is 5.71. The summed E-state index contributed by atoms with van der Waals surface area (Å²) >= 11 is 1.72. The maximum Gasteiger partial charge on any atom is 0.252 e. The van der Waals surface area contributed by atoms with E-state index >= 15 is 0 Å². The lowest BCUT2D eigenvalue weighted by atomic mass is 10.1. The first-order chi connectivity index (χ1) is 14.2. The highest BCUT2D eigenvalue weighted by atomic mass is 32.2. The highest BCUT2D eigenvalue weighted by molar-refractivity contribution is 7.99. The Kier molecular flexibility index (Phi) is 8.59. The van der Waals surface area contributed by atoms with Crippen LogP contribution in [0.5, 0.6) is 0 Å². The summed E-state index contributed by atoms with van der Waals surface area (Å²) in [7, 11) is 0. The normalized spacial score (nSPS) is 16.3. The lowest BCUT2D eigenvalue weighted by Crippen LogP contribution is -2.24. The number of hydrogen-bond acceptors (Lipinski definition) is 4. The van der Waals surface area contributed by atoms with Crippen molar-refractivity contribution in [2.45, 2.75) is 50.8 Å².